The van der Waals surface area contributed by atoms with Gasteiger partial charge in [-0.25, -0.2) is 0 Å². The largest absolute Gasteiger partial charge is 0.389 e. The van der Waals surface area contributed by atoms with Crippen LogP contribution in [-0.4, -0.2) is 29.7 Å². The van der Waals surface area contributed by atoms with E-state index in [4.69, 9.17) is 5.73 Å². The lowest BCUT2D eigenvalue weighted by atomic mass is 9.78. The molecule has 1 saturated carbocycles. The van der Waals surface area contributed by atoms with E-state index in [9.17, 15) is 9.90 Å². The van der Waals surface area contributed by atoms with E-state index in [0.717, 1.165) is 31.6 Å². The molecule has 0 spiro atoms. The minimum Gasteiger partial charge on any atom is -0.389 e. The van der Waals surface area contributed by atoms with E-state index in [1.165, 1.54) is 6.42 Å². The molecule has 1 aliphatic rings. The van der Waals surface area contributed by atoms with Crippen molar-refractivity contribution >= 4 is 5.91 Å². The maximum absolute atomic E-state index is 10.9. The van der Waals surface area contributed by atoms with Crippen molar-refractivity contribution in [3.05, 3.63) is 0 Å². The van der Waals surface area contributed by atoms with Gasteiger partial charge in [-0.1, -0.05) is 20.3 Å². The molecule has 0 aromatic rings. The average molecular weight is 242 g/mol. The van der Waals surface area contributed by atoms with E-state index < -0.39 is 5.60 Å². The number of hydrogen-bond acceptors (Lipinski definition) is 3. The van der Waals surface area contributed by atoms with E-state index in [-0.39, 0.29) is 11.8 Å². The van der Waals surface area contributed by atoms with Crippen molar-refractivity contribution in [2.24, 2.45) is 17.6 Å². The molecule has 4 N–H and O–H groups in total. The van der Waals surface area contributed by atoms with Crippen LogP contribution in [0.2, 0.25) is 0 Å². The first-order valence-corrected chi connectivity index (χ1v) is 6.69. The Hall–Kier alpha value is -0.610. The molecule has 0 bridgehead atoms. The second kappa shape index (κ2) is 6.36. The topological polar surface area (TPSA) is 75.3 Å². The SMILES string of the molecule is CCC1CCC(O)(CNCC(C)C(N)=O)CC1. The molecule has 0 aromatic heterocycles. The van der Waals surface area contributed by atoms with Crippen LogP contribution in [0.15, 0.2) is 0 Å². The van der Waals surface area contributed by atoms with Crippen molar-refractivity contribution in [2.45, 2.75) is 51.6 Å². The summed E-state index contributed by atoms with van der Waals surface area (Å²) < 4.78 is 0. The molecule has 1 aliphatic carbocycles. The highest BCUT2D eigenvalue weighted by Gasteiger charge is 2.32. The maximum atomic E-state index is 10.9. The van der Waals surface area contributed by atoms with Crippen LogP contribution in [0.25, 0.3) is 0 Å². The van der Waals surface area contributed by atoms with Gasteiger partial charge in [0.25, 0.3) is 0 Å². The van der Waals surface area contributed by atoms with E-state index in [1.807, 2.05) is 0 Å². The number of rotatable bonds is 6. The molecule has 1 rings (SSSR count). The zero-order valence-electron chi connectivity index (χ0n) is 11.0. The molecule has 4 nitrogen and oxygen atoms in total. The first-order chi connectivity index (χ1) is 7.97. The van der Waals surface area contributed by atoms with Crippen LogP contribution in [-0.2, 0) is 4.79 Å². The third kappa shape index (κ3) is 4.64. The van der Waals surface area contributed by atoms with Crippen LogP contribution in [0.4, 0.5) is 0 Å². The lowest BCUT2D eigenvalue weighted by Gasteiger charge is -2.36. The molecule has 4 heteroatoms. The van der Waals surface area contributed by atoms with Gasteiger partial charge in [-0.15, -0.1) is 0 Å². The van der Waals surface area contributed by atoms with Gasteiger partial charge >= 0.3 is 0 Å². The van der Waals surface area contributed by atoms with Gasteiger partial charge in [0.05, 0.1) is 5.60 Å². The van der Waals surface area contributed by atoms with Crippen molar-refractivity contribution in [1.29, 1.82) is 0 Å². The number of amides is 1. The smallest absolute Gasteiger partial charge is 0.221 e. The molecular weight excluding hydrogens is 216 g/mol. The van der Waals surface area contributed by atoms with Crippen molar-refractivity contribution in [1.82, 2.24) is 5.32 Å². The fourth-order valence-electron chi connectivity index (χ4n) is 2.42. The zero-order chi connectivity index (χ0) is 12.9. The quantitative estimate of drug-likeness (QED) is 0.651. The Labute approximate surface area is 104 Å². The van der Waals surface area contributed by atoms with Crippen molar-refractivity contribution in [3.8, 4) is 0 Å². The minimum atomic E-state index is -0.580. The molecule has 0 saturated heterocycles. The number of carbonyl (C=O) groups excluding carboxylic acids is 1. The number of nitrogens with one attached hydrogen (secondary N) is 1. The molecule has 100 valence electrons. The second-order valence-corrected chi connectivity index (χ2v) is 5.51. The molecule has 0 radical (unpaired) electrons. The van der Waals surface area contributed by atoms with Gasteiger partial charge < -0.3 is 16.2 Å². The van der Waals surface area contributed by atoms with E-state index >= 15 is 0 Å². The van der Waals surface area contributed by atoms with Crippen LogP contribution < -0.4 is 11.1 Å². The first-order valence-electron chi connectivity index (χ1n) is 6.69. The number of hydrogen-bond donors (Lipinski definition) is 3. The molecule has 1 atom stereocenters. The molecular formula is C13H26N2O2. The van der Waals surface area contributed by atoms with Crippen molar-refractivity contribution in [2.75, 3.05) is 13.1 Å². The maximum Gasteiger partial charge on any atom is 0.221 e. The van der Waals surface area contributed by atoms with Gasteiger partial charge in [-0.2, -0.15) is 0 Å². The molecule has 0 heterocycles. The summed E-state index contributed by atoms with van der Waals surface area (Å²) in [6, 6.07) is 0. The van der Waals surface area contributed by atoms with Gasteiger partial charge in [-0.05, 0) is 31.6 Å². The Balaban J connectivity index is 2.25. The summed E-state index contributed by atoms with van der Waals surface area (Å²) in [5.74, 6) is 0.310. The summed E-state index contributed by atoms with van der Waals surface area (Å²) in [6.45, 7) is 5.13. The lowest BCUT2D eigenvalue weighted by Crippen LogP contribution is -2.45. The summed E-state index contributed by atoms with van der Waals surface area (Å²) in [5, 5.41) is 13.5. The third-order valence-corrected chi connectivity index (χ3v) is 4.00. The number of carbonyl (C=O) groups is 1. The number of aliphatic hydroxyl groups is 1. The predicted octanol–water partition coefficient (Wildman–Crippen LogP) is 1.03. The molecule has 0 aliphatic heterocycles. The zero-order valence-corrected chi connectivity index (χ0v) is 11.0. The first kappa shape index (κ1) is 14.5. The summed E-state index contributed by atoms with van der Waals surface area (Å²) in [6.07, 6.45) is 5.16. The van der Waals surface area contributed by atoms with Gasteiger partial charge in [0.2, 0.25) is 5.91 Å². The van der Waals surface area contributed by atoms with Gasteiger partial charge in [0.15, 0.2) is 0 Å². The Morgan fingerprint density at radius 3 is 2.59 bits per heavy atom. The lowest BCUT2D eigenvalue weighted by molar-refractivity contribution is -0.121. The number of nitrogens with two attached hydrogens (primary N) is 1. The predicted molar refractivity (Wildman–Crippen MR) is 68.4 cm³/mol. The summed E-state index contributed by atoms with van der Waals surface area (Å²) in [4.78, 5) is 10.9. The van der Waals surface area contributed by atoms with Gasteiger partial charge in [0.1, 0.15) is 0 Å². The molecule has 17 heavy (non-hydrogen) atoms. The highest BCUT2D eigenvalue weighted by Crippen LogP contribution is 2.33. The minimum absolute atomic E-state index is 0.175. The summed E-state index contributed by atoms with van der Waals surface area (Å²) >= 11 is 0. The molecule has 1 unspecified atom stereocenters. The second-order valence-electron chi connectivity index (χ2n) is 5.51. The van der Waals surface area contributed by atoms with E-state index in [0.29, 0.717) is 13.1 Å². The van der Waals surface area contributed by atoms with Crippen LogP contribution in [0.5, 0.6) is 0 Å². The fraction of sp³-hybridized carbons (Fsp3) is 0.923. The Morgan fingerprint density at radius 2 is 2.12 bits per heavy atom. The standard InChI is InChI=1S/C13H26N2O2/c1-3-11-4-6-13(17,7-5-11)9-15-8-10(2)12(14)16/h10-11,15,17H,3-9H2,1-2H3,(H2,14,16). The summed E-state index contributed by atoms with van der Waals surface area (Å²) in [5.41, 5.74) is 4.60. The normalized spacial score (nSPS) is 31.1. The molecule has 1 fully saturated rings. The van der Waals surface area contributed by atoms with Gasteiger partial charge in [-0.3, -0.25) is 4.79 Å². The van der Waals surface area contributed by atoms with Crippen LogP contribution in [0, 0.1) is 11.8 Å². The average Bonchev–Trinajstić information content (AvgIpc) is 2.29. The summed E-state index contributed by atoms with van der Waals surface area (Å²) in [7, 11) is 0. The van der Waals surface area contributed by atoms with Crippen LogP contribution in [0.3, 0.4) is 0 Å². The molecule has 0 aromatic carbocycles. The Bertz CT molecular complexity index is 248. The highest BCUT2D eigenvalue weighted by atomic mass is 16.3. The van der Waals surface area contributed by atoms with Crippen LogP contribution >= 0.6 is 0 Å². The highest BCUT2D eigenvalue weighted by molar-refractivity contribution is 5.76. The third-order valence-electron chi connectivity index (χ3n) is 4.00. The fourth-order valence-corrected chi connectivity index (χ4v) is 2.42. The monoisotopic (exact) mass is 242 g/mol. The van der Waals surface area contributed by atoms with Gasteiger partial charge in [0, 0.05) is 19.0 Å². The van der Waals surface area contributed by atoms with Crippen molar-refractivity contribution < 1.29 is 9.90 Å². The van der Waals surface area contributed by atoms with E-state index in [1.54, 1.807) is 6.92 Å². The van der Waals surface area contributed by atoms with Crippen molar-refractivity contribution in [3.63, 3.8) is 0 Å². The molecule has 1 amide bonds. The van der Waals surface area contributed by atoms with Crippen LogP contribution in [0.1, 0.15) is 46.0 Å². The Kier molecular flexibility index (Phi) is 5.40. The Morgan fingerprint density at radius 1 is 1.53 bits per heavy atom. The number of primary amides is 1. The van der Waals surface area contributed by atoms with E-state index in [2.05, 4.69) is 12.2 Å².